The van der Waals surface area contributed by atoms with E-state index < -0.39 is 0 Å². The molecule has 0 bridgehead atoms. The minimum Gasteiger partial charge on any atom is -0.385 e. The van der Waals surface area contributed by atoms with Crippen LogP contribution in [0.4, 0.5) is 5.69 Å². The van der Waals surface area contributed by atoms with E-state index in [4.69, 9.17) is 27.9 Å². The Bertz CT molecular complexity index is 833. The van der Waals surface area contributed by atoms with E-state index in [1.807, 2.05) is 38.1 Å². The number of halogens is 2. The minimum absolute atomic E-state index is 0.0257. The van der Waals surface area contributed by atoms with Gasteiger partial charge in [-0.05, 0) is 43.0 Å². The first-order chi connectivity index (χ1) is 13.4. The molecular weight excluding hydrogens is 395 g/mol. The number of rotatable bonds is 7. The first-order valence-corrected chi connectivity index (χ1v) is 10.5. The standard InChI is InChI=1S/C22H26Cl2N2O2/c1-14(2)22(27)11-17-10-19(21(24)13-26-17)18-9-16(3-4-20(18)23)25-12-15-5-7-28-8-6-15/h3-4,9-10,13-15,25H,5-8,11-12H2,1-2H3. The molecule has 0 unspecified atom stereocenters. The summed E-state index contributed by atoms with van der Waals surface area (Å²) in [6.07, 6.45) is 4.05. The van der Waals surface area contributed by atoms with Crippen LogP contribution in [0.15, 0.2) is 30.5 Å². The lowest BCUT2D eigenvalue weighted by atomic mass is 9.99. The monoisotopic (exact) mass is 420 g/mol. The normalized spacial score (nSPS) is 15.0. The SMILES string of the molecule is CC(C)C(=O)Cc1cc(-c2cc(NCC3CCOCC3)ccc2Cl)c(Cl)cn1. The summed E-state index contributed by atoms with van der Waals surface area (Å²) in [7, 11) is 0. The average molecular weight is 421 g/mol. The molecule has 6 heteroatoms. The molecular formula is C22H26Cl2N2O2. The summed E-state index contributed by atoms with van der Waals surface area (Å²) in [5, 5.41) is 4.64. The first-order valence-electron chi connectivity index (χ1n) is 9.72. The largest absolute Gasteiger partial charge is 0.385 e. The summed E-state index contributed by atoms with van der Waals surface area (Å²) >= 11 is 12.9. The van der Waals surface area contributed by atoms with E-state index >= 15 is 0 Å². The van der Waals surface area contributed by atoms with Gasteiger partial charge in [0.15, 0.2) is 0 Å². The van der Waals surface area contributed by atoms with Gasteiger partial charge in [-0.25, -0.2) is 0 Å². The molecule has 3 rings (SSSR count). The number of benzene rings is 1. The number of anilines is 1. The minimum atomic E-state index is -0.0257. The molecule has 1 N–H and O–H groups in total. The highest BCUT2D eigenvalue weighted by atomic mass is 35.5. The smallest absolute Gasteiger partial charge is 0.141 e. The van der Waals surface area contributed by atoms with Crippen LogP contribution in [0.2, 0.25) is 10.0 Å². The number of ether oxygens (including phenoxy) is 1. The van der Waals surface area contributed by atoms with E-state index in [0.717, 1.165) is 49.4 Å². The summed E-state index contributed by atoms with van der Waals surface area (Å²) < 4.78 is 5.42. The van der Waals surface area contributed by atoms with Crippen molar-refractivity contribution in [3.8, 4) is 11.1 Å². The molecule has 28 heavy (non-hydrogen) atoms. The van der Waals surface area contributed by atoms with Crippen molar-refractivity contribution in [1.29, 1.82) is 0 Å². The maximum Gasteiger partial charge on any atom is 0.141 e. The topological polar surface area (TPSA) is 51.2 Å². The summed E-state index contributed by atoms with van der Waals surface area (Å²) in [5.74, 6) is 0.743. The maximum atomic E-state index is 12.1. The fourth-order valence-electron chi connectivity index (χ4n) is 3.22. The Morgan fingerprint density at radius 2 is 1.89 bits per heavy atom. The number of hydrogen-bond acceptors (Lipinski definition) is 4. The number of nitrogens with zero attached hydrogens (tertiary/aromatic N) is 1. The summed E-state index contributed by atoms with van der Waals surface area (Å²) in [4.78, 5) is 16.4. The predicted octanol–water partition coefficient (Wildman–Crippen LogP) is 5.66. The van der Waals surface area contributed by atoms with Gasteiger partial charge in [-0.15, -0.1) is 0 Å². The Balaban J connectivity index is 1.80. The second-order valence-corrected chi connectivity index (χ2v) is 8.40. The van der Waals surface area contributed by atoms with Gasteiger partial charge in [0.2, 0.25) is 0 Å². The second-order valence-electron chi connectivity index (χ2n) is 7.58. The Kier molecular flexibility index (Phi) is 7.33. The first kappa shape index (κ1) is 21.1. The van der Waals surface area contributed by atoms with Crippen molar-refractivity contribution in [3.05, 3.63) is 46.2 Å². The van der Waals surface area contributed by atoms with Crippen molar-refractivity contribution in [3.63, 3.8) is 0 Å². The zero-order valence-corrected chi connectivity index (χ0v) is 17.8. The van der Waals surface area contributed by atoms with Gasteiger partial charge in [0.25, 0.3) is 0 Å². The van der Waals surface area contributed by atoms with Crippen LogP contribution in [0.25, 0.3) is 11.1 Å². The molecule has 1 saturated heterocycles. The quantitative estimate of drug-likeness (QED) is 0.627. The Hall–Kier alpha value is -1.62. The highest BCUT2D eigenvalue weighted by Crippen LogP contribution is 2.35. The molecule has 0 atom stereocenters. The molecule has 0 amide bonds. The Morgan fingerprint density at radius 3 is 2.61 bits per heavy atom. The van der Waals surface area contributed by atoms with Gasteiger partial charge in [-0.1, -0.05) is 37.0 Å². The molecule has 1 aliphatic heterocycles. The second kappa shape index (κ2) is 9.73. The molecule has 0 radical (unpaired) electrons. The molecule has 1 aromatic heterocycles. The zero-order chi connectivity index (χ0) is 20.1. The van der Waals surface area contributed by atoms with Crippen molar-refractivity contribution in [2.45, 2.75) is 33.1 Å². The molecule has 1 fully saturated rings. The number of ketones is 1. The van der Waals surface area contributed by atoms with E-state index in [1.54, 1.807) is 6.20 Å². The lowest BCUT2D eigenvalue weighted by Gasteiger charge is -2.23. The average Bonchev–Trinajstić information content (AvgIpc) is 2.69. The summed E-state index contributed by atoms with van der Waals surface area (Å²) in [5.41, 5.74) is 3.33. The van der Waals surface area contributed by atoms with Crippen molar-refractivity contribution in [2.75, 3.05) is 25.1 Å². The number of hydrogen-bond donors (Lipinski definition) is 1. The molecule has 0 aliphatic carbocycles. The van der Waals surface area contributed by atoms with E-state index in [2.05, 4.69) is 10.3 Å². The summed E-state index contributed by atoms with van der Waals surface area (Å²) in [6, 6.07) is 7.73. The predicted molar refractivity (Wildman–Crippen MR) is 115 cm³/mol. The lowest BCUT2D eigenvalue weighted by molar-refractivity contribution is -0.121. The zero-order valence-electron chi connectivity index (χ0n) is 16.3. The van der Waals surface area contributed by atoms with Gasteiger partial charge in [-0.3, -0.25) is 9.78 Å². The number of carbonyl (C=O) groups excluding carboxylic acids is 1. The Labute approximate surface area is 176 Å². The van der Waals surface area contributed by atoms with Crippen LogP contribution < -0.4 is 5.32 Å². The molecule has 1 aliphatic rings. The van der Waals surface area contributed by atoms with E-state index in [-0.39, 0.29) is 11.7 Å². The van der Waals surface area contributed by atoms with Crippen LogP contribution in [-0.4, -0.2) is 30.5 Å². The fraction of sp³-hybridized carbons (Fsp3) is 0.455. The lowest BCUT2D eigenvalue weighted by Crippen LogP contribution is -2.22. The number of pyridine rings is 1. The highest BCUT2D eigenvalue weighted by Gasteiger charge is 2.16. The van der Waals surface area contributed by atoms with Crippen molar-refractivity contribution in [1.82, 2.24) is 4.98 Å². The third kappa shape index (κ3) is 5.47. The number of carbonyl (C=O) groups is 1. The third-order valence-electron chi connectivity index (χ3n) is 5.10. The maximum absolute atomic E-state index is 12.1. The van der Waals surface area contributed by atoms with Crippen LogP contribution in [0.1, 0.15) is 32.4 Å². The molecule has 2 heterocycles. The van der Waals surface area contributed by atoms with Crippen LogP contribution in [0, 0.1) is 11.8 Å². The van der Waals surface area contributed by atoms with Crippen LogP contribution in [-0.2, 0) is 16.0 Å². The van der Waals surface area contributed by atoms with Crippen LogP contribution >= 0.6 is 23.2 Å². The van der Waals surface area contributed by atoms with Gasteiger partial charge in [-0.2, -0.15) is 0 Å². The number of nitrogens with one attached hydrogen (secondary N) is 1. The molecule has 1 aromatic carbocycles. The molecule has 150 valence electrons. The fourth-order valence-corrected chi connectivity index (χ4v) is 3.65. The van der Waals surface area contributed by atoms with Crippen molar-refractivity contribution >= 4 is 34.7 Å². The van der Waals surface area contributed by atoms with Gasteiger partial charge < -0.3 is 10.1 Å². The van der Waals surface area contributed by atoms with E-state index in [0.29, 0.717) is 28.1 Å². The molecule has 2 aromatic rings. The van der Waals surface area contributed by atoms with E-state index in [1.165, 1.54) is 0 Å². The molecule has 0 spiro atoms. The highest BCUT2D eigenvalue weighted by molar-refractivity contribution is 6.36. The van der Waals surface area contributed by atoms with Gasteiger partial charge in [0.05, 0.1) is 5.02 Å². The van der Waals surface area contributed by atoms with Gasteiger partial charge in [0.1, 0.15) is 5.78 Å². The third-order valence-corrected chi connectivity index (χ3v) is 5.73. The molecule has 0 saturated carbocycles. The summed E-state index contributed by atoms with van der Waals surface area (Å²) in [6.45, 7) is 6.36. The number of aromatic nitrogens is 1. The Morgan fingerprint density at radius 1 is 1.18 bits per heavy atom. The van der Waals surface area contributed by atoms with Gasteiger partial charge >= 0.3 is 0 Å². The van der Waals surface area contributed by atoms with Crippen LogP contribution in [0.3, 0.4) is 0 Å². The molecule has 4 nitrogen and oxygen atoms in total. The van der Waals surface area contributed by atoms with Crippen molar-refractivity contribution in [2.24, 2.45) is 11.8 Å². The number of Topliss-reactive ketones (excluding diaryl/α,β-unsaturated/α-hetero) is 1. The van der Waals surface area contributed by atoms with E-state index in [9.17, 15) is 4.79 Å². The van der Waals surface area contributed by atoms with Crippen molar-refractivity contribution < 1.29 is 9.53 Å². The van der Waals surface area contributed by atoms with Gasteiger partial charge in [0, 0.05) is 65.8 Å². The van der Waals surface area contributed by atoms with Crippen LogP contribution in [0.5, 0.6) is 0 Å².